The van der Waals surface area contributed by atoms with Crippen LogP contribution >= 0.6 is 0 Å². The minimum atomic E-state index is 0.685. The van der Waals surface area contributed by atoms with E-state index in [0.717, 1.165) is 30.4 Å². The lowest BCUT2D eigenvalue weighted by molar-refractivity contribution is -0.917. The van der Waals surface area contributed by atoms with E-state index in [-0.39, 0.29) is 0 Å². The lowest BCUT2D eigenvalue weighted by Gasteiger charge is -2.34. The molecule has 2 saturated heterocycles. The molecule has 2 N–H and O–H groups in total. The van der Waals surface area contributed by atoms with Gasteiger partial charge >= 0.3 is 0 Å². The highest BCUT2D eigenvalue weighted by Crippen LogP contribution is 2.27. The molecule has 3 heteroatoms. The third-order valence-electron chi connectivity index (χ3n) is 3.76. The summed E-state index contributed by atoms with van der Waals surface area (Å²) in [6.45, 7) is 3.59. The van der Waals surface area contributed by atoms with Crippen molar-refractivity contribution < 1.29 is 10.1 Å². The van der Waals surface area contributed by atoms with E-state index in [0.29, 0.717) is 6.04 Å². The second-order valence-corrected chi connectivity index (χ2v) is 4.81. The molecule has 1 saturated carbocycles. The molecule has 3 rings (SSSR count). The Hall–Kier alpha value is -0.570. The Balaban J connectivity index is 2.21. The first-order chi connectivity index (χ1) is 6.20. The molecule has 13 heavy (non-hydrogen) atoms. The summed E-state index contributed by atoms with van der Waals surface area (Å²) in [5.74, 6) is 1.54. The maximum absolute atomic E-state index is 8.83. The molecule has 0 radical (unpaired) electrons. The van der Waals surface area contributed by atoms with E-state index in [1.807, 2.05) is 0 Å². The van der Waals surface area contributed by atoms with Crippen molar-refractivity contribution in [2.24, 2.45) is 17.0 Å². The van der Waals surface area contributed by atoms with Crippen LogP contribution in [0, 0.1) is 11.8 Å². The molecule has 0 amide bonds. The average molecular weight is 183 g/mol. The van der Waals surface area contributed by atoms with Crippen molar-refractivity contribution in [3.8, 4) is 0 Å². The minimum Gasteiger partial charge on any atom is -0.411 e. The molecule has 0 spiro atoms. The zero-order valence-corrected chi connectivity index (χ0v) is 8.45. The Morgan fingerprint density at radius 3 is 2.85 bits per heavy atom. The van der Waals surface area contributed by atoms with E-state index in [9.17, 15) is 0 Å². The van der Waals surface area contributed by atoms with E-state index in [2.05, 4.69) is 19.1 Å². The van der Waals surface area contributed by atoms with Crippen LogP contribution in [0.1, 0.15) is 26.2 Å². The van der Waals surface area contributed by atoms with Crippen molar-refractivity contribution in [1.29, 1.82) is 0 Å². The predicted molar refractivity (Wildman–Crippen MR) is 51.3 cm³/mol. The zero-order chi connectivity index (χ0) is 9.42. The fourth-order valence-corrected chi connectivity index (χ4v) is 3.15. The molecular weight excluding hydrogens is 164 g/mol. The molecule has 74 valence electrons. The van der Waals surface area contributed by atoms with Crippen molar-refractivity contribution in [2.75, 3.05) is 13.6 Å². The van der Waals surface area contributed by atoms with Crippen LogP contribution in [0.15, 0.2) is 5.16 Å². The quantitative estimate of drug-likeness (QED) is 0.407. The molecule has 2 aliphatic heterocycles. The smallest absolute Gasteiger partial charge is 0.0952 e. The summed E-state index contributed by atoms with van der Waals surface area (Å²) in [5.41, 5.74) is 1.02. The Kier molecular flexibility index (Phi) is 2.28. The molecule has 0 aromatic rings. The first-order valence-corrected chi connectivity index (χ1v) is 5.22. The van der Waals surface area contributed by atoms with Crippen LogP contribution in [0.5, 0.6) is 0 Å². The number of piperidine rings is 1. The van der Waals surface area contributed by atoms with Crippen LogP contribution in [0.25, 0.3) is 0 Å². The Bertz CT molecular complexity index is 215. The number of nitrogens with zero attached hydrogens (tertiary/aromatic N) is 1. The van der Waals surface area contributed by atoms with Gasteiger partial charge < -0.3 is 10.1 Å². The van der Waals surface area contributed by atoms with Gasteiger partial charge in [0.1, 0.15) is 0 Å². The van der Waals surface area contributed by atoms with Crippen molar-refractivity contribution in [1.82, 2.24) is 0 Å². The van der Waals surface area contributed by atoms with E-state index in [1.165, 1.54) is 13.0 Å². The molecule has 0 aromatic carbocycles. The summed E-state index contributed by atoms with van der Waals surface area (Å²) in [6, 6.07) is 0.685. The molecule has 1 unspecified atom stereocenters. The summed E-state index contributed by atoms with van der Waals surface area (Å²) in [5, 5.41) is 12.3. The summed E-state index contributed by atoms with van der Waals surface area (Å²) < 4.78 is 0. The van der Waals surface area contributed by atoms with Gasteiger partial charge in [-0.05, 0) is 12.8 Å². The molecule has 3 aliphatic rings. The number of quaternary nitrogens is 1. The lowest BCUT2D eigenvalue weighted by atomic mass is 9.86. The molecule has 1 aliphatic carbocycles. The lowest BCUT2D eigenvalue weighted by Crippen LogP contribution is -3.15. The van der Waals surface area contributed by atoms with Gasteiger partial charge in [-0.2, -0.15) is 0 Å². The van der Waals surface area contributed by atoms with E-state index in [4.69, 9.17) is 5.21 Å². The molecule has 2 bridgehead atoms. The Morgan fingerprint density at radius 1 is 1.46 bits per heavy atom. The third kappa shape index (κ3) is 1.57. The maximum atomic E-state index is 8.83. The summed E-state index contributed by atoms with van der Waals surface area (Å²) in [4.78, 5) is 1.63. The van der Waals surface area contributed by atoms with Crippen LogP contribution < -0.4 is 4.90 Å². The van der Waals surface area contributed by atoms with E-state index < -0.39 is 0 Å². The number of rotatable bonds is 0. The van der Waals surface area contributed by atoms with Crippen LogP contribution in [0.4, 0.5) is 0 Å². The largest absolute Gasteiger partial charge is 0.411 e. The molecule has 0 aromatic heterocycles. The van der Waals surface area contributed by atoms with Crippen LogP contribution in [0.3, 0.4) is 0 Å². The van der Waals surface area contributed by atoms with E-state index in [1.54, 1.807) is 4.90 Å². The van der Waals surface area contributed by atoms with Gasteiger partial charge in [-0.1, -0.05) is 12.1 Å². The molecule has 3 fully saturated rings. The van der Waals surface area contributed by atoms with Crippen molar-refractivity contribution in [3.63, 3.8) is 0 Å². The Morgan fingerprint density at radius 2 is 2.23 bits per heavy atom. The van der Waals surface area contributed by atoms with Crippen molar-refractivity contribution >= 4 is 5.71 Å². The molecule has 2 heterocycles. The fraction of sp³-hybridized carbons (Fsp3) is 0.900. The highest BCUT2D eigenvalue weighted by molar-refractivity contribution is 5.85. The third-order valence-corrected chi connectivity index (χ3v) is 3.76. The average Bonchev–Trinajstić information content (AvgIpc) is 2.32. The number of fused-ring (bicyclic) bond motifs is 4. The predicted octanol–water partition coefficient (Wildman–Crippen LogP) is 0.150. The Labute approximate surface area is 79.4 Å². The first kappa shape index (κ1) is 9.00. The second-order valence-electron chi connectivity index (χ2n) is 4.81. The summed E-state index contributed by atoms with van der Waals surface area (Å²) in [7, 11) is 2.27. The van der Waals surface area contributed by atoms with E-state index >= 15 is 0 Å². The molecule has 4 atom stereocenters. The topological polar surface area (TPSA) is 37.0 Å². The van der Waals surface area contributed by atoms with Crippen LogP contribution in [0.2, 0.25) is 0 Å². The fourth-order valence-electron chi connectivity index (χ4n) is 3.15. The zero-order valence-electron chi connectivity index (χ0n) is 8.45. The standard InChI is InChI=1S/C10H18N2O/c1-7-3-8-4-9(11-13)5-10(7)12(2)6-8/h7-8,10,13H,3-6H2,1-2H3/p+1/b11-9+/t7-,8+,10-/m0/s1. The SMILES string of the molecule is C[C@H]1C[C@@H]2C/C(=N\O)C[C@@H]1[NH+](C)C2. The minimum absolute atomic E-state index is 0.685. The molecular formula is C10H19N2O+. The summed E-state index contributed by atoms with van der Waals surface area (Å²) in [6.07, 6.45) is 3.34. The van der Waals surface area contributed by atoms with Gasteiger partial charge in [0.15, 0.2) is 0 Å². The monoisotopic (exact) mass is 183 g/mol. The van der Waals surface area contributed by atoms with Gasteiger partial charge in [-0.25, -0.2) is 0 Å². The van der Waals surface area contributed by atoms with Gasteiger partial charge in [0, 0.05) is 18.3 Å². The van der Waals surface area contributed by atoms with Crippen molar-refractivity contribution in [2.45, 2.75) is 32.2 Å². The van der Waals surface area contributed by atoms with Crippen LogP contribution in [-0.2, 0) is 0 Å². The second kappa shape index (κ2) is 3.29. The summed E-state index contributed by atoms with van der Waals surface area (Å²) >= 11 is 0. The van der Waals surface area contributed by atoms with Gasteiger partial charge in [-0.3, -0.25) is 0 Å². The van der Waals surface area contributed by atoms with Gasteiger partial charge in [-0.15, -0.1) is 0 Å². The van der Waals surface area contributed by atoms with Gasteiger partial charge in [0.2, 0.25) is 0 Å². The van der Waals surface area contributed by atoms with Gasteiger partial charge in [0.25, 0.3) is 0 Å². The van der Waals surface area contributed by atoms with Crippen LogP contribution in [-0.4, -0.2) is 30.6 Å². The number of nitrogens with one attached hydrogen (secondary N) is 1. The molecule has 3 nitrogen and oxygen atoms in total. The highest BCUT2D eigenvalue weighted by atomic mass is 16.4. The maximum Gasteiger partial charge on any atom is 0.0952 e. The van der Waals surface area contributed by atoms with Crippen molar-refractivity contribution in [3.05, 3.63) is 0 Å². The normalized spacial score (nSPS) is 48.0. The highest BCUT2D eigenvalue weighted by Gasteiger charge is 2.40. The number of hydrogen-bond donors (Lipinski definition) is 2. The first-order valence-electron chi connectivity index (χ1n) is 5.22. The number of hydrogen-bond acceptors (Lipinski definition) is 2. The van der Waals surface area contributed by atoms with Gasteiger partial charge in [0.05, 0.1) is 25.3 Å². The number of oxime groups is 1.